The standard InChI is InChI=1S/C17H21N7O2/c1-9-3-5-19-8-12(9)24-13-10-4-6-20-14(10)21-7-11(13)15(23-24)22-17(26)16(25)18-2/h4,6-7,9,12,19H,3,5,8H2,1-2H3,(H,18,25)(H,20,21)(H,22,23,26)/t9-,12+/m1/s1. The van der Waals surface area contributed by atoms with E-state index in [9.17, 15) is 9.59 Å². The fourth-order valence-corrected chi connectivity index (χ4v) is 3.54. The normalized spacial score (nSPS) is 20.4. The van der Waals surface area contributed by atoms with Gasteiger partial charge in [0.05, 0.1) is 16.9 Å². The van der Waals surface area contributed by atoms with Crippen molar-refractivity contribution in [2.75, 3.05) is 25.5 Å². The van der Waals surface area contributed by atoms with Gasteiger partial charge in [0, 0.05) is 31.4 Å². The predicted molar refractivity (Wildman–Crippen MR) is 97.8 cm³/mol. The van der Waals surface area contributed by atoms with Crippen LogP contribution in [-0.4, -0.2) is 51.7 Å². The minimum absolute atomic E-state index is 0.150. The van der Waals surface area contributed by atoms with E-state index in [0.29, 0.717) is 17.1 Å². The number of aromatic amines is 1. The summed E-state index contributed by atoms with van der Waals surface area (Å²) in [5.74, 6) is -0.676. The molecule has 0 saturated carbocycles. The summed E-state index contributed by atoms with van der Waals surface area (Å²) in [7, 11) is 1.42. The third-order valence-corrected chi connectivity index (χ3v) is 5.02. The van der Waals surface area contributed by atoms with Crippen molar-refractivity contribution in [2.45, 2.75) is 19.4 Å². The molecule has 1 saturated heterocycles. The Balaban J connectivity index is 1.88. The van der Waals surface area contributed by atoms with Crippen molar-refractivity contribution in [1.82, 2.24) is 30.4 Å². The summed E-state index contributed by atoms with van der Waals surface area (Å²) in [5.41, 5.74) is 1.67. The average Bonchev–Trinajstić information content (AvgIpc) is 3.26. The van der Waals surface area contributed by atoms with E-state index in [4.69, 9.17) is 0 Å². The number of rotatable bonds is 2. The predicted octanol–water partition coefficient (Wildman–Crippen LogP) is 0.768. The topological polar surface area (TPSA) is 117 Å². The third-order valence-electron chi connectivity index (χ3n) is 5.02. The molecule has 0 aromatic carbocycles. The lowest BCUT2D eigenvalue weighted by Gasteiger charge is -2.30. The Morgan fingerprint density at radius 1 is 1.31 bits per heavy atom. The molecule has 0 spiro atoms. The number of likely N-dealkylation sites (N-methyl/N-ethyl adjacent to an activating group) is 1. The summed E-state index contributed by atoms with van der Waals surface area (Å²) in [5, 5.41) is 14.7. The van der Waals surface area contributed by atoms with Crippen molar-refractivity contribution in [2.24, 2.45) is 5.92 Å². The quantitative estimate of drug-likeness (QED) is 0.507. The van der Waals surface area contributed by atoms with Gasteiger partial charge in [0.25, 0.3) is 0 Å². The highest BCUT2D eigenvalue weighted by Gasteiger charge is 2.28. The molecule has 26 heavy (non-hydrogen) atoms. The molecule has 0 radical (unpaired) electrons. The van der Waals surface area contributed by atoms with Crippen LogP contribution in [0.25, 0.3) is 21.9 Å². The van der Waals surface area contributed by atoms with Gasteiger partial charge in [-0.05, 0) is 24.9 Å². The minimum atomic E-state index is -0.747. The summed E-state index contributed by atoms with van der Waals surface area (Å²) in [4.78, 5) is 31.1. The zero-order valence-electron chi connectivity index (χ0n) is 14.7. The fraction of sp³-hybridized carbons (Fsp3) is 0.412. The van der Waals surface area contributed by atoms with E-state index in [1.165, 1.54) is 7.05 Å². The molecular weight excluding hydrogens is 334 g/mol. The van der Waals surface area contributed by atoms with Crippen LogP contribution in [0.5, 0.6) is 0 Å². The smallest absolute Gasteiger partial charge is 0.314 e. The van der Waals surface area contributed by atoms with E-state index in [0.717, 1.165) is 36.1 Å². The van der Waals surface area contributed by atoms with Crippen LogP contribution in [0.1, 0.15) is 19.4 Å². The number of H-pyrrole nitrogens is 1. The first-order valence-corrected chi connectivity index (χ1v) is 8.68. The summed E-state index contributed by atoms with van der Waals surface area (Å²) < 4.78 is 1.96. The Bertz CT molecular complexity index is 990. The van der Waals surface area contributed by atoms with Crippen LogP contribution in [-0.2, 0) is 9.59 Å². The van der Waals surface area contributed by atoms with E-state index in [1.807, 2.05) is 16.9 Å². The number of pyridine rings is 1. The Hall–Kier alpha value is -2.94. The fourth-order valence-electron chi connectivity index (χ4n) is 3.54. The molecule has 3 aromatic rings. The molecule has 3 aromatic heterocycles. The molecule has 4 rings (SSSR count). The zero-order valence-corrected chi connectivity index (χ0v) is 14.7. The molecule has 1 aliphatic rings. The van der Waals surface area contributed by atoms with Gasteiger partial charge in [0.2, 0.25) is 0 Å². The summed E-state index contributed by atoms with van der Waals surface area (Å²) in [6.07, 6.45) is 4.56. The molecule has 2 amide bonds. The molecule has 136 valence electrons. The largest absolute Gasteiger partial charge is 0.351 e. The number of amides is 2. The van der Waals surface area contributed by atoms with Crippen LogP contribution >= 0.6 is 0 Å². The lowest BCUT2D eigenvalue weighted by Crippen LogP contribution is -2.37. The van der Waals surface area contributed by atoms with Crippen LogP contribution in [0.15, 0.2) is 18.5 Å². The molecule has 1 aliphatic heterocycles. The van der Waals surface area contributed by atoms with Crippen molar-refractivity contribution >= 4 is 39.6 Å². The van der Waals surface area contributed by atoms with Crippen molar-refractivity contribution < 1.29 is 9.59 Å². The van der Waals surface area contributed by atoms with E-state index in [2.05, 4.69) is 37.9 Å². The first-order valence-electron chi connectivity index (χ1n) is 8.68. The molecule has 0 bridgehead atoms. The first kappa shape index (κ1) is 16.5. The molecule has 4 N–H and O–H groups in total. The number of hydrogen-bond acceptors (Lipinski definition) is 5. The Kier molecular flexibility index (Phi) is 4.08. The number of nitrogens with one attached hydrogen (secondary N) is 4. The van der Waals surface area contributed by atoms with Gasteiger partial charge in [0.15, 0.2) is 5.82 Å². The molecule has 4 heterocycles. The molecule has 0 unspecified atom stereocenters. The van der Waals surface area contributed by atoms with Gasteiger partial charge in [-0.1, -0.05) is 6.92 Å². The second kappa shape index (κ2) is 6.41. The SMILES string of the molecule is CNC(=O)C(=O)Nc1nn([C@H]2CNCC[C@H]2C)c2c1cnc1[nH]ccc12. The molecule has 9 nitrogen and oxygen atoms in total. The van der Waals surface area contributed by atoms with Gasteiger partial charge < -0.3 is 20.9 Å². The third kappa shape index (κ3) is 2.60. The van der Waals surface area contributed by atoms with Gasteiger partial charge in [0.1, 0.15) is 5.65 Å². The van der Waals surface area contributed by atoms with Crippen LogP contribution < -0.4 is 16.0 Å². The van der Waals surface area contributed by atoms with Crippen LogP contribution in [0, 0.1) is 5.92 Å². The highest BCUT2D eigenvalue weighted by atomic mass is 16.2. The molecular formula is C17H21N7O2. The highest BCUT2D eigenvalue weighted by Crippen LogP contribution is 2.34. The molecule has 1 fully saturated rings. The lowest BCUT2D eigenvalue weighted by molar-refractivity contribution is -0.135. The van der Waals surface area contributed by atoms with Gasteiger partial charge in [-0.15, -0.1) is 0 Å². The number of nitrogens with zero attached hydrogens (tertiary/aromatic N) is 3. The second-order valence-corrected chi connectivity index (χ2v) is 6.62. The Morgan fingerprint density at radius 3 is 2.92 bits per heavy atom. The number of carbonyl (C=O) groups excluding carboxylic acids is 2. The van der Waals surface area contributed by atoms with Crippen LogP contribution in [0.4, 0.5) is 5.82 Å². The summed E-state index contributed by atoms with van der Waals surface area (Å²) in [6, 6.07) is 2.10. The van der Waals surface area contributed by atoms with E-state index in [-0.39, 0.29) is 6.04 Å². The van der Waals surface area contributed by atoms with E-state index < -0.39 is 11.8 Å². The molecule has 9 heteroatoms. The monoisotopic (exact) mass is 355 g/mol. The zero-order chi connectivity index (χ0) is 18.3. The number of carbonyl (C=O) groups is 2. The number of anilines is 1. The maximum atomic E-state index is 12.0. The summed E-state index contributed by atoms with van der Waals surface area (Å²) in [6.45, 7) is 3.99. The maximum absolute atomic E-state index is 12.0. The highest BCUT2D eigenvalue weighted by molar-refractivity contribution is 6.40. The van der Waals surface area contributed by atoms with Crippen molar-refractivity contribution in [3.63, 3.8) is 0 Å². The number of aromatic nitrogens is 4. The maximum Gasteiger partial charge on any atom is 0.314 e. The van der Waals surface area contributed by atoms with Gasteiger partial charge >= 0.3 is 11.8 Å². The molecule has 2 atom stereocenters. The van der Waals surface area contributed by atoms with Crippen LogP contribution in [0.2, 0.25) is 0 Å². The number of fused-ring (bicyclic) bond motifs is 3. The minimum Gasteiger partial charge on any atom is -0.351 e. The van der Waals surface area contributed by atoms with E-state index >= 15 is 0 Å². The lowest BCUT2D eigenvalue weighted by atomic mass is 9.95. The van der Waals surface area contributed by atoms with E-state index in [1.54, 1.807) is 6.20 Å². The first-order chi connectivity index (χ1) is 12.6. The van der Waals surface area contributed by atoms with Crippen molar-refractivity contribution in [3.05, 3.63) is 18.5 Å². The number of piperidine rings is 1. The Morgan fingerprint density at radius 2 is 2.15 bits per heavy atom. The van der Waals surface area contributed by atoms with Crippen LogP contribution in [0.3, 0.4) is 0 Å². The average molecular weight is 355 g/mol. The van der Waals surface area contributed by atoms with Gasteiger partial charge in [-0.2, -0.15) is 5.10 Å². The number of hydrogen-bond donors (Lipinski definition) is 4. The second-order valence-electron chi connectivity index (χ2n) is 6.62. The van der Waals surface area contributed by atoms with Crippen molar-refractivity contribution in [1.29, 1.82) is 0 Å². The van der Waals surface area contributed by atoms with Gasteiger partial charge in [-0.3, -0.25) is 14.3 Å². The summed E-state index contributed by atoms with van der Waals surface area (Å²) >= 11 is 0. The molecule has 0 aliphatic carbocycles. The van der Waals surface area contributed by atoms with Gasteiger partial charge in [-0.25, -0.2) is 4.98 Å². The van der Waals surface area contributed by atoms with Crippen molar-refractivity contribution in [3.8, 4) is 0 Å². The Labute approximate surface area is 149 Å².